The lowest BCUT2D eigenvalue weighted by Gasteiger charge is -1.95. The molecule has 0 bridgehead atoms. The molecule has 0 amide bonds. The quantitative estimate of drug-likeness (QED) is 0.500. The summed E-state index contributed by atoms with van der Waals surface area (Å²) in [5.74, 6) is -0.970. The van der Waals surface area contributed by atoms with E-state index in [2.05, 4.69) is 0 Å². The van der Waals surface area contributed by atoms with Gasteiger partial charge < -0.3 is 10.2 Å². The summed E-state index contributed by atoms with van der Waals surface area (Å²) in [5, 5.41) is 17.3. The van der Waals surface area contributed by atoms with Gasteiger partial charge in [-0.05, 0) is 6.42 Å². The van der Waals surface area contributed by atoms with Crippen LogP contribution in [0.4, 0.5) is 0 Å². The zero-order chi connectivity index (χ0) is 10.1. The molecule has 3 heteroatoms. The summed E-state index contributed by atoms with van der Waals surface area (Å²) in [5.41, 5.74) is 0. The Morgan fingerprint density at radius 2 is 1.92 bits per heavy atom. The summed E-state index contributed by atoms with van der Waals surface area (Å²) in [6, 6.07) is 0. The minimum Gasteiger partial charge on any atom is -0.478 e. The van der Waals surface area contributed by atoms with E-state index in [-0.39, 0.29) is 0 Å². The second kappa shape index (κ2) is 7.31. The number of aliphatic hydroxyl groups excluding tert-OH is 1. The van der Waals surface area contributed by atoms with Crippen molar-refractivity contribution in [3.8, 4) is 0 Å². The summed E-state index contributed by atoms with van der Waals surface area (Å²) >= 11 is 0. The summed E-state index contributed by atoms with van der Waals surface area (Å²) in [7, 11) is 0. The van der Waals surface area contributed by atoms with Gasteiger partial charge in [-0.2, -0.15) is 0 Å². The molecule has 0 saturated carbocycles. The van der Waals surface area contributed by atoms with Gasteiger partial charge in [0.1, 0.15) is 0 Å². The predicted octanol–water partition coefficient (Wildman–Crippen LogP) is 1.51. The molecule has 2 N–H and O–H groups in total. The van der Waals surface area contributed by atoms with E-state index in [9.17, 15) is 4.79 Å². The van der Waals surface area contributed by atoms with E-state index in [1.165, 1.54) is 6.08 Å². The van der Waals surface area contributed by atoms with Crippen LogP contribution in [0.5, 0.6) is 0 Å². The Balaban J connectivity index is 3.75. The third kappa shape index (κ3) is 8.56. The molecule has 0 aliphatic rings. The summed E-state index contributed by atoms with van der Waals surface area (Å²) < 4.78 is 0. The molecule has 0 aromatic heterocycles. The largest absolute Gasteiger partial charge is 0.478 e. The topological polar surface area (TPSA) is 57.5 Å². The summed E-state index contributed by atoms with van der Waals surface area (Å²) in [6.45, 7) is 1.88. The Kier molecular flexibility index (Phi) is 6.55. The number of allylic oxidation sites excluding steroid dienone is 4. The van der Waals surface area contributed by atoms with Gasteiger partial charge in [-0.25, -0.2) is 4.79 Å². The number of hydrogen-bond acceptors (Lipinski definition) is 2. The first-order valence-electron chi connectivity index (χ1n) is 4.09. The van der Waals surface area contributed by atoms with Crippen LogP contribution in [0.3, 0.4) is 0 Å². The number of aliphatic carboxylic acids is 1. The van der Waals surface area contributed by atoms with Crippen LogP contribution >= 0.6 is 0 Å². The smallest absolute Gasteiger partial charge is 0.328 e. The predicted molar refractivity (Wildman–Crippen MR) is 51.4 cm³/mol. The van der Waals surface area contributed by atoms with Crippen LogP contribution in [0.2, 0.25) is 0 Å². The number of aliphatic hydroxyl groups is 1. The fourth-order valence-electron chi connectivity index (χ4n) is 0.595. The molecule has 0 aromatic rings. The lowest BCUT2D eigenvalue weighted by atomic mass is 10.2. The molecule has 3 nitrogen and oxygen atoms in total. The monoisotopic (exact) mass is 182 g/mol. The van der Waals surface area contributed by atoms with E-state index in [1.54, 1.807) is 24.3 Å². The lowest BCUT2D eigenvalue weighted by Crippen LogP contribution is -1.97. The maximum Gasteiger partial charge on any atom is 0.328 e. The van der Waals surface area contributed by atoms with Crippen LogP contribution in [-0.2, 0) is 4.79 Å². The van der Waals surface area contributed by atoms with E-state index in [1.807, 2.05) is 6.92 Å². The van der Waals surface area contributed by atoms with Gasteiger partial charge in [-0.3, -0.25) is 0 Å². The number of carboxylic acid groups (broad SMARTS) is 1. The highest BCUT2D eigenvalue weighted by molar-refractivity contribution is 5.80. The first-order chi connectivity index (χ1) is 6.16. The van der Waals surface area contributed by atoms with Crippen LogP contribution in [0, 0.1) is 0 Å². The average molecular weight is 182 g/mol. The van der Waals surface area contributed by atoms with Gasteiger partial charge in [0.15, 0.2) is 0 Å². The Morgan fingerprint density at radius 1 is 1.31 bits per heavy atom. The fraction of sp³-hybridized carbons (Fsp3) is 0.300. The number of carboxylic acids is 1. The maximum absolute atomic E-state index is 10.0. The van der Waals surface area contributed by atoms with Crippen LogP contribution in [0.1, 0.15) is 13.3 Å². The van der Waals surface area contributed by atoms with Crippen LogP contribution < -0.4 is 0 Å². The SMILES string of the molecule is CCC(O)C=CC=CC=CC(=O)O. The second-order valence-corrected chi connectivity index (χ2v) is 2.44. The number of hydrogen-bond donors (Lipinski definition) is 2. The highest BCUT2D eigenvalue weighted by Gasteiger charge is 1.88. The van der Waals surface area contributed by atoms with Crippen molar-refractivity contribution in [2.24, 2.45) is 0 Å². The number of rotatable bonds is 5. The Bertz CT molecular complexity index is 226. The van der Waals surface area contributed by atoms with E-state index in [0.29, 0.717) is 6.42 Å². The second-order valence-electron chi connectivity index (χ2n) is 2.44. The van der Waals surface area contributed by atoms with Gasteiger partial charge in [0, 0.05) is 6.08 Å². The molecule has 0 radical (unpaired) electrons. The van der Waals surface area contributed by atoms with E-state index in [0.717, 1.165) is 6.08 Å². The van der Waals surface area contributed by atoms with Gasteiger partial charge in [-0.15, -0.1) is 0 Å². The van der Waals surface area contributed by atoms with Crippen LogP contribution in [0.25, 0.3) is 0 Å². The third-order valence-corrected chi connectivity index (χ3v) is 1.32. The zero-order valence-corrected chi connectivity index (χ0v) is 7.55. The molecular weight excluding hydrogens is 168 g/mol. The van der Waals surface area contributed by atoms with E-state index < -0.39 is 12.1 Å². The van der Waals surface area contributed by atoms with Gasteiger partial charge in [0.2, 0.25) is 0 Å². The Labute approximate surface area is 77.7 Å². The molecule has 13 heavy (non-hydrogen) atoms. The van der Waals surface area contributed by atoms with Gasteiger partial charge >= 0.3 is 5.97 Å². The fourth-order valence-corrected chi connectivity index (χ4v) is 0.595. The normalized spacial score (nSPS) is 14.6. The van der Waals surface area contributed by atoms with Gasteiger partial charge in [-0.1, -0.05) is 37.3 Å². The van der Waals surface area contributed by atoms with Crippen molar-refractivity contribution in [2.75, 3.05) is 0 Å². The minimum atomic E-state index is -0.970. The van der Waals surface area contributed by atoms with Gasteiger partial charge in [0.25, 0.3) is 0 Å². The first kappa shape index (κ1) is 11.6. The van der Waals surface area contributed by atoms with Crippen molar-refractivity contribution in [3.05, 3.63) is 36.5 Å². The molecule has 0 spiro atoms. The van der Waals surface area contributed by atoms with Crippen molar-refractivity contribution < 1.29 is 15.0 Å². The molecule has 0 saturated heterocycles. The molecule has 0 aliphatic heterocycles. The Hall–Kier alpha value is -1.35. The summed E-state index contributed by atoms with van der Waals surface area (Å²) in [4.78, 5) is 10.0. The minimum absolute atomic E-state index is 0.423. The first-order valence-corrected chi connectivity index (χ1v) is 4.09. The maximum atomic E-state index is 10.0. The summed E-state index contributed by atoms with van der Waals surface area (Å²) in [6.07, 6.45) is 9.30. The molecule has 0 heterocycles. The Morgan fingerprint density at radius 3 is 2.46 bits per heavy atom. The van der Waals surface area contributed by atoms with Crippen molar-refractivity contribution in [1.82, 2.24) is 0 Å². The van der Waals surface area contributed by atoms with Crippen molar-refractivity contribution >= 4 is 5.97 Å². The average Bonchev–Trinajstić information content (AvgIpc) is 2.10. The zero-order valence-electron chi connectivity index (χ0n) is 7.55. The van der Waals surface area contributed by atoms with E-state index >= 15 is 0 Å². The molecule has 0 fully saturated rings. The van der Waals surface area contributed by atoms with Crippen LogP contribution in [0.15, 0.2) is 36.5 Å². The van der Waals surface area contributed by atoms with Crippen molar-refractivity contribution in [1.29, 1.82) is 0 Å². The van der Waals surface area contributed by atoms with Crippen molar-refractivity contribution in [3.63, 3.8) is 0 Å². The molecule has 1 atom stereocenters. The van der Waals surface area contributed by atoms with Crippen LogP contribution in [-0.4, -0.2) is 22.3 Å². The molecule has 0 rings (SSSR count). The number of carbonyl (C=O) groups is 1. The molecule has 0 aromatic carbocycles. The van der Waals surface area contributed by atoms with E-state index in [4.69, 9.17) is 10.2 Å². The van der Waals surface area contributed by atoms with Gasteiger partial charge in [0.05, 0.1) is 6.10 Å². The lowest BCUT2D eigenvalue weighted by molar-refractivity contribution is -0.131. The molecule has 0 aliphatic carbocycles. The highest BCUT2D eigenvalue weighted by atomic mass is 16.4. The highest BCUT2D eigenvalue weighted by Crippen LogP contribution is 1.91. The molecule has 72 valence electrons. The third-order valence-electron chi connectivity index (χ3n) is 1.32. The molecule has 1 unspecified atom stereocenters. The molecular formula is C10H14O3. The van der Waals surface area contributed by atoms with Crippen molar-refractivity contribution in [2.45, 2.75) is 19.4 Å². The standard InChI is InChI=1S/C10H14O3/c1-2-9(11)7-5-3-4-6-8-10(12)13/h3-9,11H,2H2,1H3,(H,12,13).